The molecule has 2 rings (SSSR count). The number of urea groups is 1. The molecule has 0 aliphatic heterocycles. The summed E-state index contributed by atoms with van der Waals surface area (Å²) in [5.41, 5.74) is 2.08. The topological polar surface area (TPSA) is 41.1 Å². The van der Waals surface area contributed by atoms with Crippen molar-refractivity contribution in [1.82, 2.24) is 0 Å². The number of rotatable bonds is 2. The fourth-order valence-corrected chi connectivity index (χ4v) is 2.30. The van der Waals surface area contributed by atoms with Crippen LogP contribution in [0.4, 0.5) is 25.0 Å². The molecule has 0 aliphatic rings. The van der Waals surface area contributed by atoms with Gasteiger partial charge in [-0.25, -0.2) is 13.6 Å². The second kappa shape index (κ2) is 6.10. The van der Waals surface area contributed by atoms with Crippen LogP contribution in [-0.4, -0.2) is 6.03 Å². The zero-order chi connectivity index (χ0) is 15.6. The summed E-state index contributed by atoms with van der Waals surface area (Å²) in [7, 11) is 0. The second-order valence-electron chi connectivity index (χ2n) is 4.64. The molecule has 0 radical (unpaired) electrons. The van der Waals surface area contributed by atoms with E-state index in [2.05, 4.69) is 10.6 Å². The van der Waals surface area contributed by atoms with E-state index in [0.717, 1.165) is 23.3 Å². The molecule has 2 aromatic rings. The minimum Gasteiger partial charge on any atom is -0.306 e. The molecule has 2 aromatic carbocycles. The highest BCUT2D eigenvalue weighted by Gasteiger charge is 2.11. The molecular formula is C15H13ClF2N2O. The zero-order valence-corrected chi connectivity index (χ0v) is 12.2. The number of benzene rings is 2. The molecule has 2 N–H and O–H groups in total. The van der Waals surface area contributed by atoms with Crippen molar-refractivity contribution >= 4 is 29.0 Å². The van der Waals surface area contributed by atoms with Gasteiger partial charge in [0.25, 0.3) is 0 Å². The van der Waals surface area contributed by atoms with E-state index in [1.54, 1.807) is 13.0 Å². The molecule has 21 heavy (non-hydrogen) atoms. The van der Waals surface area contributed by atoms with E-state index >= 15 is 0 Å². The maximum Gasteiger partial charge on any atom is 0.323 e. The first kappa shape index (κ1) is 15.3. The molecule has 0 unspecified atom stereocenters. The molecule has 3 nitrogen and oxygen atoms in total. The molecule has 110 valence electrons. The van der Waals surface area contributed by atoms with Crippen LogP contribution in [0.3, 0.4) is 0 Å². The van der Waals surface area contributed by atoms with Gasteiger partial charge in [-0.15, -0.1) is 0 Å². The summed E-state index contributed by atoms with van der Waals surface area (Å²) in [5, 5.41) is 5.25. The first-order valence-electron chi connectivity index (χ1n) is 6.16. The van der Waals surface area contributed by atoms with Gasteiger partial charge in [0.1, 0.15) is 11.6 Å². The number of hydrogen-bond donors (Lipinski definition) is 2. The lowest BCUT2D eigenvalue weighted by molar-refractivity contribution is 0.262. The fourth-order valence-electron chi connectivity index (χ4n) is 1.93. The van der Waals surface area contributed by atoms with E-state index in [0.29, 0.717) is 16.8 Å². The van der Waals surface area contributed by atoms with Crippen LogP contribution in [0.15, 0.2) is 30.3 Å². The summed E-state index contributed by atoms with van der Waals surface area (Å²) in [6.45, 7) is 3.68. The third-order valence-electron chi connectivity index (χ3n) is 2.85. The standard InChI is InChI=1S/C15H13ClF2N2O/c1-8-5-9(2)14(11(16)6-8)20-15(21)19-13-4-3-10(17)7-12(13)18/h3-7H,1-2H3,(H2,19,20,21). The van der Waals surface area contributed by atoms with E-state index in [9.17, 15) is 13.6 Å². The highest BCUT2D eigenvalue weighted by molar-refractivity contribution is 6.34. The predicted molar refractivity (Wildman–Crippen MR) is 79.9 cm³/mol. The van der Waals surface area contributed by atoms with Crippen LogP contribution in [0.1, 0.15) is 11.1 Å². The van der Waals surface area contributed by atoms with E-state index in [4.69, 9.17) is 11.6 Å². The molecule has 0 fully saturated rings. The molecule has 0 spiro atoms. The van der Waals surface area contributed by atoms with Gasteiger partial charge >= 0.3 is 6.03 Å². The Kier molecular flexibility index (Phi) is 4.43. The Balaban J connectivity index is 2.16. The quantitative estimate of drug-likeness (QED) is 0.815. The second-order valence-corrected chi connectivity index (χ2v) is 5.05. The van der Waals surface area contributed by atoms with Crippen molar-refractivity contribution in [1.29, 1.82) is 0 Å². The van der Waals surface area contributed by atoms with E-state index in [1.165, 1.54) is 0 Å². The van der Waals surface area contributed by atoms with Crippen LogP contribution in [0.2, 0.25) is 5.02 Å². The van der Waals surface area contributed by atoms with E-state index in [-0.39, 0.29) is 5.69 Å². The lowest BCUT2D eigenvalue weighted by atomic mass is 10.1. The Morgan fingerprint density at radius 2 is 1.81 bits per heavy atom. The minimum absolute atomic E-state index is 0.116. The Hall–Kier alpha value is -2.14. The highest BCUT2D eigenvalue weighted by atomic mass is 35.5. The fraction of sp³-hybridized carbons (Fsp3) is 0.133. The lowest BCUT2D eigenvalue weighted by Gasteiger charge is -2.12. The van der Waals surface area contributed by atoms with Gasteiger partial charge in [-0.3, -0.25) is 0 Å². The summed E-state index contributed by atoms with van der Waals surface area (Å²) in [4.78, 5) is 11.9. The predicted octanol–water partition coefficient (Wildman–Crippen LogP) is 4.88. The van der Waals surface area contributed by atoms with E-state index in [1.807, 2.05) is 13.0 Å². The van der Waals surface area contributed by atoms with Crippen LogP contribution in [0.5, 0.6) is 0 Å². The Labute approximate surface area is 125 Å². The summed E-state index contributed by atoms with van der Waals surface area (Å²) in [5.74, 6) is -1.56. The molecule has 0 atom stereocenters. The third-order valence-corrected chi connectivity index (χ3v) is 3.15. The van der Waals surface area contributed by atoms with Crippen LogP contribution in [-0.2, 0) is 0 Å². The first-order valence-corrected chi connectivity index (χ1v) is 6.54. The van der Waals surface area contributed by atoms with Crippen LogP contribution < -0.4 is 10.6 Å². The highest BCUT2D eigenvalue weighted by Crippen LogP contribution is 2.27. The molecular weight excluding hydrogens is 298 g/mol. The molecule has 0 bridgehead atoms. The Morgan fingerprint density at radius 3 is 2.43 bits per heavy atom. The van der Waals surface area contributed by atoms with Crippen molar-refractivity contribution in [3.8, 4) is 0 Å². The number of hydrogen-bond acceptors (Lipinski definition) is 1. The number of anilines is 2. The van der Waals surface area contributed by atoms with Crippen LogP contribution >= 0.6 is 11.6 Å². The monoisotopic (exact) mass is 310 g/mol. The molecule has 2 amide bonds. The van der Waals surface area contributed by atoms with Gasteiger partial charge in [0.2, 0.25) is 0 Å². The number of amides is 2. The van der Waals surface area contributed by atoms with Crippen molar-refractivity contribution in [2.75, 3.05) is 10.6 Å². The molecule has 0 aliphatic carbocycles. The van der Waals surface area contributed by atoms with Gasteiger partial charge in [0.15, 0.2) is 0 Å². The Bertz CT molecular complexity index is 681. The summed E-state index contributed by atoms with van der Waals surface area (Å²) in [6.07, 6.45) is 0. The Morgan fingerprint density at radius 1 is 1.10 bits per heavy atom. The van der Waals surface area contributed by atoms with Gasteiger partial charge in [-0.05, 0) is 43.2 Å². The first-order chi connectivity index (χ1) is 9.86. The molecule has 0 aromatic heterocycles. The number of carbonyl (C=O) groups excluding carboxylic acids is 1. The number of carbonyl (C=O) groups is 1. The number of nitrogens with one attached hydrogen (secondary N) is 2. The van der Waals surface area contributed by atoms with Crippen molar-refractivity contribution in [2.45, 2.75) is 13.8 Å². The van der Waals surface area contributed by atoms with Crippen LogP contribution in [0.25, 0.3) is 0 Å². The average Bonchev–Trinajstić information content (AvgIpc) is 2.37. The van der Waals surface area contributed by atoms with Crippen molar-refractivity contribution in [2.24, 2.45) is 0 Å². The molecule has 0 heterocycles. The average molecular weight is 311 g/mol. The van der Waals surface area contributed by atoms with Crippen molar-refractivity contribution in [3.05, 3.63) is 58.1 Å². The summed E-state index contributed by atoms with van der Waals surface area (Å²) >= 11 is 6.07. The lowest BCUT2D eigenvalue weighted by Crippen LogP contribution is -2.21. The number of halogens is 3. The third kappa shape index (κ3) is 3.70. The van der Waals surface area contributed by atoms with Gasteiger partial charge < -0.3 is 10.6 Å². The minimum atomic E-state index is -0.850. The maximum atomic E-state index is 13.5. The van der Waals surface area contributed by atoms with Gasteiger partial charge in [-0.2, -0.15) is 0 Å². The van der Waals surface area contributed by atoms with E-state index < -0.39 is 17.7 Å². The van der Waals surface area contributed by atoms with Gasteiger partial charge in [0, 0.05) is 6.07 Å². The normalized spacial score (nSPS) is 10.3. The van der Waals surface area contributed by atoms with Crippen molar-refractivity contribution in [3.63, 3.8) is 0 Å². The molecule has 0 saturated heterocycles. The largest absolute Gasteiger partial charge is 0.323 e. The number of aryl methyl sites for hydroxylation is 2. The molecule has 0 saturated carbocycles. The van der Waals surface area contributed by atoms with Crippen molar-refractivity contribution < 1.29 is 13.6 Å². The van der Waals surface area contributed by atoms with Crippen LogP contribution in [0, 0.1) is 25.5 Å². The SMILES string of the molecule is Cc1cc(C)c(NC(=O)Nc2ccc(F)cc2F)c(Cl)c1. The summed E-state index contributed by atoms with van der Waals surface area (Å²) in [6, 6.07) is 5.81. The zero-order valence-electron chi connectivity index (χ0n) is 11.4. The van der Waals surface area contributed by atoms with Gasteiger partial charge in [0.05, 0.1) is 16.4 Å². The van der Waals surface area contributed by atoms with Gasteiger partial charge in [-0.1, -0.05) is 17.7 Å². The maximum absolute atomic E-state index is 13.5. The summed E-state index contributed by atoms with van der Waals surface area (Å²) < 4.78 is 26.2. The molecule has 6 heteroatoms. The smallest absolute Gasteiger partial charge is 0.306 e.